The van der Waals surface area contributed by atoms with Gasteiger partial charge in [-0.25, -0.2) is 0 Å². The van der Waals surface area contributed by atoms with Gasteiger partial charge in [0.25, 0.3) is 0 Å². The van der Waals surface area contributed by atoms with E-state index in [0.717, 1.165) is 38.5 Å². The van der Waals surface area contributed by atoms with Crippen molar-refractivity contribution in [2.24, 2.45) is 11.8 Å². The van der Waals surface area contributed by atoms with E-state index in [0.29, 0.717) is 11.8 Å². The molecule has 5 aromatic rings. The predicted octanol–water partition coefficient (Wildman–Crippen LogP) is 15.5. The van der Waals surface area contributed by atoms with Crippen LogP contribution < -0.4 is 0 Å². The normalized spacial score (nSPS) is 11.9. The Kier molecular flexibility index (Phi) is 13.8. The molecule has 0 radical (unpaired) electrons. The second-order valence-corrected chi connectivity index (χ2v) is 17.1. The van der Waals surface area contributed by atoms with Crippen molar-refractivity contribution in [3.05, 3.63) is 131 Å². The van der Waals surface area contributed by atoms with E-state index in [1.165, 1.54) is 98.0 Å². The number of hydrogen-bond acceptors (Lipinski definition) is 0. The zero-order chi connectivity index (χ0) is 37.3. The number of unbranched alkanes of at least 4 members (excludes halogenated alkanes) is 3. The first-order chi connectivity index (χ1) is 25.0. The first-order valence-electron chi connectivity index (χ1n) is 20.6. The van der Waals surface area contributed by atoms with Gasteiger partial charge in [0.15, 0.2) is 0 Å². The predicted molar refractivity (Wildman–Crippen MR) is 230 cm³/mol. The molecule has 0 aliphatic heterocycles. The topological polar surface area (TPSA) is 0 Å². The Labute approximate surface area is 318 Å². The quantitative estimate of drug-likeness (QED) is 0.0904. The Morgan fingerprint density at radius 1 is 0.442 bits per heavy atom. The lowest BCUT2D eigenvalue weighted by atomic mass is 9.74. The summed E-state index contributed by atoms with van der Waals surface area (Å²) in [4.78, 5) is 0. The SMILES string of the molecule is CCCCCc1ccc(-c2c(CCCC)c(-c3ccccc3)c(CCC(C)C)c(-c3ccc(CC(C)C)cc3)c2-c2ccc(C(C)(C)C)cc2)cc1. The van der Waals surface area contributed by atoms with E-state index >= 15 is 0 Å². The Hall–Kier alpha value is -3.90. The van der Waals surface area contributed by atoms with Crippen LogP contribution in [0.25, 0.3) is 44.5 Å². The third-order valence-corrected chi connectivity index (χ3v) is 10.8. The van der Waals surface area contributed by atoms with Gasteiger partial charge in [-0.15, -0.1) is 0 Å². The molecule has 0 atom stereocenters. The molecule has 0 saturated carbocycles. The van der Waals surface area contributed by atoms with Gasteiger partial charge in [0.05, 0.1) is 0 Å². The first-order valence-corrected chi connectivity index (χ1v) is 20.6. The molecule has 0 amide bonds. The van der Waals surface area contributed by atoms with Crippen molar-refractivity contribution in [2.75, 3.05) is 0 Å². The highest BCUT2D eigenvalue weighted by Gasteiger charge is 2.27. The third kappa shape index (κ3) is 9.74. The minimum atomic E-state index is 0.0932. The molecule has 0 aromatic heterocycles. The van der Waals surface area contributed by atoms with E-state index in [1.54, 1.807) is 0 Å². The van der Waals surface area contributed by atoms with Gasteiger partial charge in [-0.2, -0.15) is 0 Å². The summed E-state index contributed by atoms with van der Waals surface area (Å²) in [5.74, 6) is 1.24. The second-order valence-electron chi connectivity index (χ2n) is 17.1. The van der Waals surface area contributed by atoms with Gasteiger partial charge in [0.1, 0.15) is 0 Å². The lowest BCUT2D eigenvalue weighted by Gasteiger charge is -2.29. The van der Waals surface area contributed by atoms with E-state index < -0.39 is 0 Å². The maximum absolute atomic E-state index is 2.44. The molecule has 0 aliphatic rings. The number of rotatable bonds is 16. The van der Waals surface area contributed by atoms with Crippen LogP contribution in [0.4, 0.5) is 0 Å². The van der Waals surface area contributed by atoms with E-state index in [4.69, 9.17) is 0 Å². The van der Waals surface area contributed by atoms with Crippen LogP contribution in [0, 0.1) is 11.8 Å². The van der Waals surface area contributed by atoms with Crippen molar-refractivity contribution in [1.29, 1.82) is 0 Å². The van der Waals surface area contributed by atoms with Gasteiger partial charge in [0, 0.05) is 0 Å². The standard InChI is InChI=1S/C52H66/c1-10-12-15-18-39-23-27-42(28-24-39)49-46(21-13-11-2)48(41-19-16-14-17-20-41)47(35-22-37(3)4)50(43-29-25-40(26-30-43)36-38(5)6)51(49)44-31-33-45(34-32-44)52(7,8)9/h14,16-17,19-20,23-34,37-38H,10-13,15,18,21-22,35-36H2,1-9H3. The lowest BCUT2D eigenvalue weighted by Crippen LogP contribution is -2.11. The largest absolute Gasteiger partial charge is 0.0654 e. The summed E-state index contributed by atoms with van der Waals surface area (Å²) in [6.07, 6.45) is 11.6. The highest BCUT2D eigenvalue weighted by Crippen LogP contribution is 2.50. The molecule has 274 valence electrons. The Morgan fingerprint density at radius 2 is 0.942 bits per heavy atom. The highest BCUT2D eigenvalue weighted by molar-refractivity contribution is 6.02. The van der Waals surface area contributed by atoms with E-state index in [2.05, 4.69) is 165 Å². The minimum absolute atomic E-state index is 0.0932. The van der Waals surface area contributed by atoms with Gasteiger partial charge < -0.3 is 0 Å². The summed E-state index contributed by atoms with van der Waals surface area (Å²) >= 11 is 0. The smallest absolute Gasteiger partial charge is 0.00208 e. The number of benzene rings is 5. The van der Waals surface area contributed by atoms with Gasteiger partial charge in [-0.3, -0.25) is 0 Å². The van der Waals surface area contributed by atoms with Gasteiger partial charge >= 0.3 is 0 Å². The van der Waals surface area contributed by atoms with Crippen LogP contribution >= 0.6 is 0 Å². The van der Waals surface area contributed by atoms with E-state index in [9.17, 15) is 0 Å². The third-order valence-electron chi connectivity index (χ3n) is 10.8. The Morgan fingerprint density at radius 3 is 1.46 bits per heavy atom. The molecule has 5 aromatic carbocycles. The lowest BCUT2D eigenvalue weighted by molar-refractivity contribution is 0.587. The van der Waals surface area contributed by atoms with Crippen LogP contribution in [-0.4, -0.2) is 0 Å². The molecule has 0 saturated heterocycles. The van der Waals surface area contributed by atoms with Crippen LogP contribution in [0.3, 0.4) is 0 Å². The Bertz CT molecular complexity index is 1830. The summed E-state index contributed by atoms with van der Waals surface area (Å²) in [5.41, 5.74) is 18.4. The van der Waals surface area contributed by atoms with Crippen molar-refractivity contribution >= 4 is 0 Å². The van der Waals surface area contributed by atoms with Crippen molar-refractivity contribution in [3.8, 4) is 44.5 Å². The molecular formula is C52H66. The fourth-order valence-electron chi connectivity index (χ4n) is 7.86. The molecule has 0 nitrogen and oxygen atoms in total. The molecule has 52 heavy (non-hydrogen) atoms. The molecule has 0 spiro atoms. The van der Waals surface area contributed by atoms with Crippen LogP contribution in [0.2, 0.25) is 0 Å². The van der Waals surface area contributed by atoms with Gasteiger partial charge in [-0.1, -0.05) is 185 Å². The van der Waals surface area contributed by atoms with Crippen molar-refractivity contribution in [1.82, 2.24) is 0 Å². The molecule has 0 aliphatic carbocycles. The van der Waals surface area contributed by atoms with Crippen LogP contribution in [-0.2, 0) is 31.1 Å². The average molecular weight is 691 g/mol. The van der Waals surface area contributed by atoms with Crippen molar-refractivity contribution in [2.45, 2.75) is 132 Å². The number of aryl methyl sites for hydroxylation is 1. The van der Waals surface area contributed by atoms with Crippen molar-refractivity contribution in [3.63, 3.8) is 0 Å². The monoisotopic (exact) mass is 691 g/mol. The number of hydrogen-bond donors (Lipinski definition) is 0. The van der Waals surface area contributed by atoms with E-state index in [1.807, 2.05) is 0 Å². The minimum Gasteiger partial charge on any atom is -0.0654 e. The molecule has 0 N–H and O–H groups in total. The maximum atomic E-state index is 2.44. The average Bonchev–Trinajstić information content (AvgIpc) is 3.13. The van der Waals surface area contributed by atoms with E-state index in [-0.39, 0.29) is 5.41 Å². The molecule has 5 rings (SSSR count). The zero-order valence-electron chi connectivity index (χ0n) is 34.0. The van der Waals surface area contributed by atoms with Crippen LogP contribution in [0.15, 0.2) is 103 Å². The molecular weight excluding hydrogens is 625 g/mol. The van der Waals surface area contributed by atoms with Crippen molar-refractivity contribution < 1.29 is 0 Å². The maximum Gasteiger partial charge on any atom is -0.00208 e. The summed E-state index contributed by atoms with van der Waals surface area (Å²) in [5, 5.41) is 0. The first kappa shape index (κ1) is 39.3. The summed E-state index contributed by atoms with van der Waals surface area (Å²) in [7, 11) is 0. The van der Waals surface area contributed by atoms with Crippen LogP contribution in [0.5, 0.6) is 0 Å². The molecule has 0 heteroatoms. The summed E-state index contributed by atoms with van der Waals surface area (Å²) < 4.78 is 0. The molecule has 0 unspecified atom stereocenters. The highest BCUT2D eigenvalue weighted by atomic mass is 14.3. The second kappa shape index (κ2) is 18.2. The van der Waals surface area contributed by atoms with Gasteiger partial charge in [-0.05, 0) is 135 Å². The fraction of sp³-hybridized carbons (Fsp3) is 0.423. The molecule has 0 heterocycles. The summed E-state index contributed by atoms with van der Waals surface area (Å²) in [6.45, 7) is 21.0. The van der Waals surface area contributed by atoms with Crippen LogP contribution in [0.1, 0.15) is 129 Å². The molecule has 0 fully saturated rings. The van der Waals surface area contributed by atoms with Gasteiger partial charge in [0.2, 0.25) is 0 Å². The fourth-order valence-corrected chi connectivity index (χ4v) is 7.86. The summed E-state index contributed by atoms with van der Waals surface area (Å²) in [6, 6.07) is 40.3. The Balaban J connectivity index is 1.95. The zero-order valence-corrected chi connectivity index (χ0v) is 34.0. The molecule has 0 bridgehead atoms.